The highest BCUT2D eigenvalue weighted by Gasteiger charge is 2.24. The minimum atomic E-state index is -0.312. The Hall–Kier alpha value is -3.02. The first-order chi connectivity index (χ1) is 13.1. The predicted molar refractivity (Wildman–Crippen MR) is 106 cm³/mol. The maximum absolute atomic E-state index is 12.5. The molecule has 1 saturated heterocycles. The smallest absolute Gasteiger partial charge is 0.340 e. The number of para-hydroxylation sites is 1. The number of esters is 1. The van der Waals surface area contributed by atoms with Crippen LogP contribution in [0.25, 0.3) is 0 Å². The molecule has 0 atom stereocenters. The fourth-order valence-electron chi connectivity index (χ4n) is 3.12. The molecule has 6 nitrogen and oxygen atoms in total. The van der Waals surface area contributed by atoms with Gasteiger partial charge in [-0.2, -0.15) is 0 Å². The lowest BCUT2D eigenvalue weighted by molar-refractivity contribution is 0.0527. The summed E-state index contributed by atoms with van der Waals surface area (Å²) in [6.07, 6.45) is 0. The topological polar surface area (TPSA) is 61.9 Å². The van der Waals surface area contributed by atoms with Crippen LogP contribution in [-0.4, -0.2) is 49.7 Å². The normalized spacial score (nSPS) is 14.0. The zero-order chi connectivity index (χ0) is 19.2. The summed E-state index contributed by atoms with van der Waals surface area (Å²) in [4.78, 5) is 28.6. The van der Waals surface area contributed by atoms with Gasteiger partial charge in [-0.25, -0.2) is 9.59 Å². The molecule has 1 aliphatic rings. The van der Waals surface area contributed by atoms with Crippen molar-refractivity contribution in [3.63, 3.8) is 0 Å². The van der Waals surface area contributed by atoms with Crippen molar-refractivity contribution in [3.05, 3.63) is 59.7 Å². The summed E-state index contributed by atoms with van der Waals surface area (Å²) >= 11 is 0. The Labute approximate surface area is 159 Å². The highest BCUT2D eigenvalue weighted by atomic mass is 16.5. The van der Waals surface area contributed by atoms with Crippen molar-refractivity contribution in [1.82, 2.24) is 4.90 Å². The Balaban J connectivity index is 1.61. The molecule has 1 heterocycles. The summed E-state index contributed by atoms with van der Waals surface area (Å²) in [7, 11) is 0. The molecule has 0 bridgehead atoms. The number of rotatable bonds is 4. The van der Waals surface area contributed by atoms with Gasteiger partial charge < -0.3 is 19.9 Å². The van der Waals surface area contributed by atoms with Gasteiger partial charge in [-0.3, -0.25) is 0 Å². The lowest BCUT2D eigenvalue weighted by atomic mass is 10.1. The molecule has 0 aromatic heterocycles. The van der Waals surface area contributed by atoms with Crippen molar-refractivity contribution in [2.75, 3.05) is 43.0 Å². The summed E-state index contributed by atoms with van der Waals surface area (Å²) in [5.41, 5.74) is 3.37. The van der Waals surface area contributed by atoms with Crippen molar-refractivity contribution in [2.24, 2.45) is 0 Å². The van der Waals surface area contributed by atoms with Gasteiger partial charge in [0, 0.05) is 31.9 Å². The molecule has 0 unspecified atom stereocenters. The molecule has 0 aliphatic carbocycles. The van der Waals surface area contributed by atoms with Crippen molar-refractivity contribution in [2.45, 2.75) is 13.8 Å². The summed E-state index contributed by atoms with van der Waals surface area (Å²) in [6, 6.07) is 15.1. The Kier molecular flexibility index (Phi) is 5.96. The van der Waals surface area contributed by atoms with E-state index in [1.165, 1.54) is 0 Å². The van der Waals surface area contributed by atoms with E-state index in [-0.39, 0.29) is 12.0 Å². The minimum Gasteiger partial charge on any atom is -0.462 e. The number of piperazine rings is 1. The fourth-order valence-corrected chi connectivity index (χ4v) is 3.12. The van der Waals surface area contributed by atoms with E-state index in [4.69, 9.17) is 4.74 Å². The van der Waals surface area contributed by atoms with Gasteiger partial charge in [-0.15, -0.1) is 0 Å². The number of carbonyl (C=O) groups is 2. The van der Waals surface area contributed by atoms with Crippen LogP contribution in [-0.2, 0) is 4.74 Å². The molecule has 3 rings (SSSR count). The number of aryl methyl sites for hydroxylation is 1. The van der Waals surface area contributed by atoms with Crippen LogP contribution in [0.5, 0.6) is 0 Å². The second-order valence-electron chi connectivity index (χ2n) is 6.51. The molecule has 1 aliphatic heterocycles. The molecule has 1 N–H and O–H groups in total. The highest BCUT2D eigenvalue weighted by Crippen LogP contribution is 2.23. The molecule has 2 aromatic carbocycles. The maximum Gasteiger partial charge on any atom is 0.340 e. The summed E-state index contributed by atoms with van der Waals surface area (Å²) < 4.78 is 5.15. The van der Waals surface area contributed by atoms with Gasteiger partial charge in [0.25, 0.3) is 0 Å². The van der Waals surface area contributed by atoms with Crippen LogP contribution >= 0.6 is 0 Å². The lowest BCUT2D eigenvalue weighted by Gasteiger charge is -2.36. The Morgan fingerprint density at radius 1 is 1.00 bits per heavy atom. The number of benzene rings is 2. The molecule has 2 aromatic rings. The molecule has 6 heteroatoms. The van der Waals surface area contributed by atoms with Crippen LogP contribution in [0.3, 0.4) is 0 Å². The number of hydrogen-bond acceptors (Lipinski definition) is 4. The van der Waals surface area contributed by atoms with Crippen LogP contribution in [0, 0.1) is 6.92 Å². The van der Waals surface area contributed by atoms with Gasteiger partial charge in [-0.05, 0) is 38.1 Å². The van der Waals surface area contributed by atoms with Crippen molar-refractivity contribution < 1.29 is 14.3 Å². The number of urea groups is 1. The Bertz CT molecular complexity index is 797. The van der Waals surface area contributed by atoms with E-state index in [0.29, 0.717) is 38.3 Å². The average Bonchev–Trinajstić information content (AvgIpc) is 2.70. The lowest BCUT2D eigenvalue weighted by Crippen LogP contribution is -2.50. The average molecular weight is 367 g/mol. The quantitative estimate of drug-likeness (QED) is 0.840. The third-order valence-corrected chi connectivity index (χ3v) is 4.61. The molecule has 0 radical (unpaired) electrons. The molecule has 2 amide bonds. The Morgan fingerprint density at radius 2 is 1.67 bits per heavy atom. The van der Waals surface area contributed by atoms with Crippen LogP contribution in [0.2, 0.25) is 0 Å². The summed E-state index contributed by atoms with van der Waals surface area (Å²) in [5, 5.41) is 2.93. The number of nitrogens with zero attached hydrogens (tertiary/aromatic N) is 2. The minimum absolute atomic E-state index is 0.0998. The van der Waals surface area contributed by atoms with E-state index in [1.807, 2.05) is 49.4 Å². The van der Waals surface area contributed by atoms with Gasteiger partial charge in [0.05, 0.1) is 17.9 Å². The van der Waals surface area contributed by atoms with Gasteiger partial charge >= 0.3 is 12.0 Å². The zero-order valence-corrected chi connectivity index (χ0v) is 15.8. The van der Waals surface area contributed by atoms with Gasteiger partial charge in [0.1, 0.15) is 0 Å². The van der Waals surface area contributed by atoms with Crippen LogP contribution in [0.1, 0.15) is 22.8 Å². The van der Waals surface area contributed by atoms with E-state index in [2.05, 4.69) is 10.2 Å². The van der Waals surface area contributed by atoms with Crippen molar-refractivity contribution >= 4 is 23.4 Å². The predicted octanol–water partition coefficient (Wildman–Crippen LogP) is 3.53. The highest BCUT2D eigenvalue weighted by molar-refractivity contribution is 5.96. The fraction of sp³-hybridized carbons (Fsp3) is 0.333. The SMILES string of the molecule is CCOC(=O)c1ccccc1N1CCN(C(=O)Nc2ccc(C)cc2)CC1. The first-order valence-corrected chi connectivity index (χ1v) is 9.22. The number of nitrogens with one attached hydrogen (secondary N) is 1. The number of carbonyl (C=O) groups excluding carboxylic acids is 2. The number of ether oxygens (including phenoxy) is 1. The Morgan fingerprint density at radius 3 is 2.33 bits per heavy atom. The molecule has 0 saturated carbocycles. The second kappa shape index (κ2) is 8.58. The maximum atomic E-state index is 12.5. The number of anilines is 2. The third-order valence-electron chi connectivity index (χ3n) is 4.61. The molecule has 1 fully saturated rings. The standard InChI is InChI=1S/C21H25N3O3/c1-3-27-20(25)18-6-4-5-7-19(18)23-12-14-24(15-13-23)21(26)22-17-10-8-16(2)9-11-17/h4-11H,3,12-15H2,1-2H3,(H,22,26). The van der Waals surface area contributed by atoms with Crippen LogP contribution in [0.15, 0.2) is 48.5 Å². The largest absolute Gasteiger partial charge is 0.462 e. The zero-order valence-electron chi connectivity index (χ0n) is 15.8. The van der Waals surface area contributed by atoms with Gasteiger partial charge in [0.15, 0.2) is 0 Å². The van der Waals surface area contributed by atoms with E-state index in [0.717, 1.165) is 16.9 Å². The van der Waals surface area contributed by atoms with E-state index in [1.54, 1.807) is 17.9 Å². The van der Waals surface area contributed by atoms with Gasteiger partial charge in [-0.1, -0.05) is 29.8 Å². The molecular weight excluding hydrogens is 342 g/mol. The van der Waals surface area contributed by atoms with Crippen LogP contribution < -0.4 is 10.2 Å². The second-order valence-corrected chi connectivity index (χ2v) is 6.51. The number of amides is 2. The van der Waals surface area contributed by atoms with E-state index in [9.17, 15) is 9.59 Å². The number of hydrogen-bond donors (Lipinski definition) is 1. The first kappa shape index (κ1) is 18.8. The van der Waals surface area contributed by atoms with Crippen molar-refractivity contribution in [3.8, 4) is 0 Å². The third kappa shape index (κ3) is 4.58. The molecular formula is C21H25N3O3. The monoisotopic (exact) mass is 367 g/mol. The van der Waals surface area contributed by atoms with Gasteiger partial charge in [0.2, 0.25) is 0 Å². The molecule has 0 spiro atoms. The van der Waals surface area contributed by atoms with E-state index < -0.39 is 0 Å². The van der Waals surface area contributed by atoms with Crippen molar-refractivity contribution in [1.29, 1.82) is 0 Å². The summed E-state index contributed by atoms with van der Waals surface area (Å²) in [5.74, 6) is -0.312. The van der Waals surface area contributed by atoms with Crippen LogP contribution in [0.4, 0.5) is 16.2 Å². The molecule has 142 valence electrons. The van der Waals surface area contributed by atoms with E-state index >= 15 is 0 Å². The first-order valence-electron chi connectivity index (χ1n) is 9.22. The molecule has 27 heavy (non-hydrogen) atoms. The summed E-state index contributed by atoms with van der Waals surface area (Å²) in [6.45, 7) is 6.67.